The van der Waals surface area contributed by atoms with E-state index >= 15 is 0 Å². The Morgan fingerprint density at radius 2 is 2.38 bits per heavy atom. The number of carbonyl (C=O) groups excluding carboxylic acids is 2. The molecule has 6 nitrogen and oxygen atoms in total. The Hall–Kier alpha value is -1.47. The van der Waals surface area contributed by atoms with Gasteiger partial charge in [-0.1, -0.05) is 0 Å². The molecule has 2 aliphatic heterocycles. The van der Waals surface area contributed by atoms with Crippen molar-refractivity contribution in [3.05, 3.63) is 11.1 Å². The van der Waals surface area contributed by atoms with Crippen LogP contribution in [0.25, 0.3) is 0 Å². The van der Waals surface area contributed by atoms with Crippen LogP contribution in [0.3, 0.4) is 0 Å². The highest BCUT2D eigenvalue weighted by Crippen LogP contribution is 2.25. The lowest BCUT2D eigenvalue weighted by atomic mass is 10.2. The summed E-state index contributed by atoms with van der Waals surface area (Å²) >= 11 is 1.45. The van der Waals surface area contributed by atoms with Crippen molar-refractivity contribution in [2.75, 3.05) is 31.1 Å². The third-order valence-corrected chi connectivity index (χ3v) is 4.81. The number of nitrogens with one attached hydrogen (secondary N) is 1. The molecule has 7 heteroatoms. The molecular formula is C14H20N4O2S. The molecule has 1 atom stereocenters. The summed E-state index contributed by atoms with van der Waals surface area (Å²) in [5.41, 5.74) is 0.769. The second-order valence-corrected chi connectivity index (χ2v) is 6.48. The van der Waals surface area contributed by atoms with Gasteiger partial charge in [0.05, 0.1) is 12.1 Å². The number of piperazine rings is 1. The monoisotopic (exact) mass is 308 g/mol. The fraction of sp³-hybridized carbons (Fsp3) is 0.643. The maximum atomic E-state index is 12.3. The van der Waals surface area contributed by atoms with Crippen molar-refractivity contribution in [3.8, 4) is 0 Å². The predicted molar refractivity (Wildman–Crippen MR) is 81.4 cm³/mol. The average Bonchev–Trinajstić information content (AvgIpc) is 3.07. The Labute approximate surface area is 128 Å². The van der Waals surface area contributed by atoms with Gasteiger partial charge in [0.2, 0.25) is 11.8 Å². The SMILES string of the molecule is CC1CN(C(=O)Cc2csc(N3CCCC3=O)n2)CCN1. The van der Waals surface area contributed by atoms with Gasteiger partial charge in [-0.25, -0.2) is 4.98 Å². The first-order valence-electron chi connectivity index (χ1n) is 7.39. The molecule has 0 spiro atoms. The second-order valence-electron chi connectivity index (χ2n) is 5.64. The fourth-order valence-electron chi connectivity index (χ4n) is 2.78. The molecule has 0 aromatic carbocycles. The van der Waals surface area contributed by atoms with Crippen LogP contribution in [0.15, 0.2) is 5.38 Å². The Kier molecular flexibility index (Phi) is 4.21. The van der Waals surface area contributed by atoms with E-state index in [-0.39, 0.29) is 11.8 Å². The Morgan fingerprint density at radius 1 is 1.52 bits per heavy atom. The highest BCUT2D eigenvalue weighted by Gasteiger charge is 2.25. The molecule has 1 unspecified atom stereocenters. The number of aromatic nitrogens is 1. The third kappa shape index (κ3) is 3.24. The van der Waals surface area contributed by atoms with E-state index in [0.717, 1.165) is 43.4 Å². The van der Waals surface area contributed by atoms with Crippen molar-refractivity contribution in [3.63, 3.8) is 0 Å². The smallest absolute Gasteiger partial charge is 0.228 e. The zero-order valence-electron chi connectivity index (χ0n) is 12.2. The summed E-state index contributed by atoms with van der Waals surface area (Å²) < 4.78 is 0. The van der Waals surface area contributed by atoms with Gasteiger partial charge in [-0.15, -0.1) is 11.3 Å². The van der Waals surface area contributed by atoms with E-state index in [0.29, 0.717) is 18.9 Å². The van der Waals surface area contributed by atoms with Gasteiger partial charge in [-0.3, -0.25) is 14.5 Å². The largest absolute Gasteiger partial charge is 0.340 e. The van der Waals surface area contributed by atoms with Gasteiger partial charge in [-0.2, -0.15) is 0 Å². The zero-order chi connectivity index (χ0) is 14.8. The van der Waals surface area contributed by atoms with E-state index in [1.54, 1.807) is 4.90 Å². The molecule has 2 saturated heterocycles. The molecule has 3 rings (SSSR count). The van der Waals surface area contributed by atoms with Crippen LogP contribution in [0.1, 0.15) is 25.5 Å². The number of hydrogen-bond acceptors (Lipinski definition) is 5. The van der Waals surface area contributed by atoms with E-state index in [2.05, 4.69) is 17.2 Å². The first-order chi connectivity index (χ1) is 10.1. The van der Waals surface area contributed by atoms with E-state index in [1.165, 1.54) is 11.3 Å². The van der Waals surface area contributed by atoms with Crippen molar-refractivity contribution < 1.29 is 9.59 Å². The number of hydrogen-bond donors (Lipinski definition) is 1. The van der Waals surface area contributed by atoms with Crippen molar-refractivity contribution in [1.82, 2.24) is 15.2 Å². The van der Waals surface area contributed by atoms with E-state index in [9.17, 15) is 9.59 Å². The minimum Gasteiger partial charge on any atom is -0.340 e. The van der Waals surface area contributed by atoms with Gasteiger partial charge in [0.1, 0.15) is 0 Å². The molecule has 2 amide bonds. The molecule has 0 bridgehead atoms. The van der Waals surface area contributed by atoms with E-state index < -0.39 is 0 Å². The van der Waals surface area contributed by atoms with Crippen molar-refractivity contribution in [2.45, 2.75) is 32.2 Å². The van der Waals surface area contributed by atoms with Crippen LogP contribution in [-0.2, 0) is 16.0 Å². The highest BCUT2D eigenvalue weighted by molar-refractivity contribution is 7.14. The lowest BCUT2D eigenvalue weighted by Gasteiger charge is -2.31. The summed E-state index contributed by atoms with van der Waals surface area (Å²) in [4.78, 5) is 32.1. The average molecular weight is 308 g/mol. The lowest BCUT2D eigenvalue weighted by Crippen LogP contribution is -2.51. The normalized spacial score (nSPS) is 22.9. The molecule has 0 radical (unpaired) electrons. The minimum atomic E-state index is 0.118. The molecular weight excluding hydrogens is 288 g/mol. The summed E-state index contributed by atoms with van der Waals surface area (Å²) in [6.45, 7) is 5.18. The lowest BCUT2D eigenvalue weighted by molar-refractivity contribution is -0.131. The molecule has 3 heterocycles. The van der Waals surface area contributed by atoms with Crippen LogP contribution in [-0.4, -0.2) is 53.9 Å². The van der Waals surface area contributed by atoms with Gasteiger partial charge >= 0.3 is 0 Å². The summed E-state index contributed by atoms with van der Waals surface area (Å²) in [5.74, 6) is 0.256. The third-order valence-electron chi connectivity index (χ3n) is 3.90. The highest BCUT2D eigenvalue weighted by atomic mass is 32.1. The van der Waals surface area contributed by atoms with Gasteiger partial charge < -0.3 is 10.2 Å². The second kappa shape index (κ2) is 6.11. The van der Waals surface area contributed by atoms with Crippen molar-refractivity contribution in [1.29, 1.82) is 0 Å². The maximum Gasteiger partial charge on any atom is 0.228 e. The zero-order valence-corrected chi connectivity index (χ0v) is 13.0. The standard InChI is InChI=1S/C14H20N4O2S/c1-10-8-17(6-4-15-10)13(20)7-11-9-21-14(16-11)18-5-2-3-12(18)19/h9-10,15H,2-8H2,1H3. The van der Waals surface area contributed by atoms with Crippen LogP contribution in [0, 0.1) is 0 Å². The van der Waals surface area contributed by atoms with Crippen LogP contribution in [0.2, 0.25) is 0 Å². The molecule has 2 aliphatic rings. The summed E-state index contributed by atoms with van der Waals surface area (Å²) in [7, 11) is 0. The molecule has 0 saturated carbocycles. The number of anilines is 1. The minimum absolute atomic E-state index is 0.118. The van der Waals surface area contributed by atoms with E-state index in [4.69, 9.17) is 0 Å². The van der Waals surface area contributed by atoms with E-state index in [1.807, 2.05) is 10.3 Å². The summed E-state index contributed by atoms with van der Waals surface area (Å²) in [5, 5.41) is 5.95. The predicted octanol–water partition coefficient (Wildman–Crippen LogP) is 0.633. The van der Waals surface area contributed by atoms with Crippen LogP contribution in [0.5, 0.6) is 0 Å². The number of rotatable bonds is 3. The number of amides is 2. The Morgan fingerprint density at radius 3 is 3.10 bits per heavy atom. The molecule has 1 aromatic heterocycles. The first kappa shape index (κ1) is 14.5. The fourth-order valence-corrected chi connectivity index (χ4v) is 3.65. The van der Waals surface area contributed by atoms with Gasteiger partial charge in [-0.05, 0) is 13.3 Å². The molecule has 21 heavy (non-hydrogen) atoms. The van der Waals surface area contributed by atoms with Crippen LogP contribution in [0.4, 0.5) is 5.13 Å². The Balaban J connectivity index is 1.61. The summed E-state index contributed by atoms with van der Waals surface area (Å²) in [6, 6.07) is 0.343. The molecule has 1 aromatic rings. The van der Waals surface area contributed by atoms with Crippen molar-refractivity contribution >= 4 is 28.3 Å². The number of thiazole rings is 1. The topological polar surface area (TPSA) is 65.5 Å². The van der Waals surface area contributed by atoms with Crippen LogP contribution >= 0.6 is 11.3 Å². The number of carbonyl (C=O) groups is 2. The maximum absolute atomic E-state index is 12.3. The van der Waals surface area contributed by atoms with Gasteiger partial charge in [0, 0.05) is 44.0 Å². The molecule has 2 fully saturated rings. The summed E-state index contributed by atoms with van der Waals surface area (Å²) in [6.07, 6.45) is 1.82. The first-order valence-corrected chi connectivity index (χ1v) is 8.27. The molecule has 114 valence electrons. The van der Waals surface area contributed by atoms with Crippen molar-refractivity contribution in [2.24, 2.45) is 0 Å². The van der Waals surface area contributed by atoms with Gasteiger partial charge in [0.15, 0.2) is 5.13 Å². The van der Waals surface area contributed by atoms with Gasteiger partial charge in [0.25, 0.3) is 0 Å². The quantitative estimate of drug-likeness (QED) is 0.889. The van der Waals surface area contributed by atoms with Crippen LogP contribution < -0.4 is 10.2 Å². The molecule has 0 aliphatic carbocycles. The Bertz CT molecular complexity index is 545. The molecule has 1 N–H and O–H groups in total. The number of nitrogens with zero attached hydrogens (tertiary/aromatic N) is 3.